The second kappa shape index (κ2) is 9.39. The van der Waals surface area contributed by atoms with Gasteiger partial charge in [-0.15, -0.1) is 0 Å². The van der Waals surface area contributed by atoms with Crippen LogP contribution in [0.2, 0.25) is 0 Å². The summed E-state index contributed by atoms with van der Waals surface area (Å²) in [5.74, 6) is 0.562. The Morgan fingerprint density at radius 1 is 1.13 bits per heavy atom. The molecule has 1 aromatic carbocycles. The van der Waals surface area contributed by atoms with E-state index in [1.54, 1.807) is 4.90 Å². The van der Waals surface area contributed by atoms with Crippen LogP contribution >= 0.6 is 0 Å². The van der Waals surface area contributed by atoms with Crippen molar-refractivity contribution in [2.75, 3.05) is 6.54 Å². The Balaban J connectivity index is 1.46. The number of carbonyl (C=O) groups excluding carboxylic acids is 3. The van der Waals surface area contributed by atoms with Crippen LogP contribution in [0.25, 0.3) is 0 Å². The van der Waals surface area contributed by atoms with Gasteiger partial charge in [0.1, 0.15) is 17.9 Å². The second-order valence-corrected chi connectivity index (χ2v) is 9.42. The van der Waals surface area contributed by atoms with Crippen molar-refractivity contribution in [3.8, 4) is 5.75 Å². The Morgan fingerprint density at radius 2 is 1.94 bits per heavy atom. The van der Waals surface area contributed by atoms with Crippen molar-refractivity contribution in [1.82, 2.24) is 15.5 Å². The fourth-order valence-electron chi connectivity index (χ4n) is 4.83. The first-order chi connectivity index (χ1) is 14.9. The number of rotatable bonds is 6. The summed E-state index contributed by atoms with van der Waals surface area (Å²) in [6.45, 7) is 5.78. The molecule has 0 aromatic heterocycles. The number of imide groups is 1. The lowest BCUT2D eigenvalue weighted by Gasteiger charge is -2.29. The summed E-state index contributed by atoms with van der Waals surface area (Å²) < 4.78 is 6.44. The zero-order valence-corrected chi connectivity index (χ0v) is 18.5. The third-order valence-corrected chi connectivity index (χ3v) is 6.52. The summed E-state index contributed by atoms with van der Waals surface area (Å²) in [7, 11) is 0. The maximum Gasteiger partial charge on any atom is 0.255 e. The number of carbonyl (C=O) groups is 3. The van der Waals surface area contributed by atoms with Gasteiger partial charge in [0.05, 0.1) is 0 Å². The topological polar surface area (TPSA) is 87.7 Å². The molecule has 168 valence electrons. The van der Waals surface area contributed by atoms with Crippen molar-refractivity contribution in [3.63, 3.8) is 0 Å². The van der Waals surface area contributed by atoms with E-state index < -0.39 is 6.04 Å². The molecule has 2 aliphatic heterocycles. The molecule has 2 N–H and O–H groups in total. The summed E-state index contributed by atoms with van der Waals surface area (Å²) in [6.07, 6.45) is 6.50. The van der Waals surface area contributed by atoms with E-state index in [2.05, 4.69) is 24.5 Å². The largest absolute Gasteiger partial charge is 0.489 e. The minimum absolute atomic E-state index is 0.114. The van der Waals surface area contributed by atoms with Crippen LogP contribution in [0.5, 0.6) is 5.75 Å². The number of amides is 3. The molecule has 31 heavy (non-hydrogen) atoms. The molecule has 0 spiro atoms. The van der Waals surface area contributed by atoms with Gasteiger partial charge in [0.2, 0.25) is 11.8 Å². The van der Waals surface area contributed by atoms with Crippen LogP contribution in [0, 0.1) is 5.92 Å². The molecule has 1 saturated heterocycles. The van der Waals surface area contributed by atoms with Crippen LogP contribution in [0.15, 0.2) is 18.2 Å². The van der Waals surface area contributed by atoms with E-state index in [1.807, 2.05) is 18.2 Å². The summed E-state index contributed by atoms with van der Waals surface area (Å²) in [5, 5.41) is 6.04. The number of nitrogens with zero attached hydrogens (tertiary/aromatic N) is 1. The van der Waals surface area contributed by atoms with E-state index in [9.17, 15) is 14.4 Å². The smallest absolute Gasteiger partial charge is 0.255 e. The van der Waals surface area contributed by atoms with Gasteiger partial charge in [-0.25, -0.2) is 0 Å². The van der Waals surface area contributed by atoms with E-state index in [1.165, 1.54) is 12.8 Å². The van der Waals surface area contributed by atoms with Gasteiger partial charge in [0.15, 0.2) is 0 Å². The third kappa shape index (κ3) is 4.92. The Morgan fingerprint density at radius 3 is 2.71 bits per heavy atom. The summed E-state index contributed by atoms with van der Waals surface area (Å²) in [6, 6.07) is 5.37. The average molecular weight is 428 g/mol. The molecule has 0 bridgehead atoms. The Hall–Kier alpha value is -2.41. The molecule has 1 aliphatic carbocycles. The van der Waals surface area contributed by atoms with E-state index in [0.29, 0.717) is 30.5 Å². The van der Waals surface area contributed by atoms with Crippen molar-refractivity contribution < 1.29 is 19.1 Å². The highest BCUT2D eigenvalue weighted by Gasteiger charge is 2.39. The molecule has 0 radical (unpaired) electrons. The normalized spacial score (nSPS) is 26.6. The number of nitrogens with one attached hydrogen (secondary N) is 2. The van der Waals surface area contributed by atoms with Gasteiger partial charge in [-0.2, -0.15) is 0 Å². The number of fused-ring (bicyclic) bond motifs is 1. The van der Waals surface area contributed by atoms with Gasteiger partial charge in [-0.1, -0.05) is 26.7 Å². The summed E-state index contributed by atoms with van der Waals surface area (Å²) >= 11 is 0. The van der Waals surface area contributed by atoms with Crippen LogP contribution in [-0.2, 0) is 16.1 Å². The van der Waals surface area contributed by atoms with Crippen molar-refractivity contribution in [2.45, 2.75) is 83.5 Å². The molecule has 7 heteroatoms. The van der Waals surface area contributed by atoms with E-state index in [4.69, 9.17) is 4.74 Å². The Labute approximate surface area is 183 Å². The molecule has 2 heterocycles. The summed E-state index contributed by atoms with van der Waals surface area (Å²) in [5.41, 5.74) is 1.50. The number of hydrogen-bond donors (Lipinski definition) is 2. The molecule has 7 nitrogen and oxygen atoms in total. The highest BCUT2D eigenvalue weighted by Crippen LogP contribution is 2.31. The average Bonchev–Trinajstić information content (AvgIpc) is 2.89. The molecule has 3 atom stereocenters. The third-order valence-electron chi connectivity index (χ3n) is 6.52. The molecule has 4 rings (SSSR count). The van der Waals surface area contributed by atoms with Crippen LogP contribution in [0.4, 0.5) is 0 Å². The molecule has 3 aliphatic rings. The standard InChI is InChI=1S/C24H33N3O4/c1-15(2)13-25-19-6-4-3-5-7-21(19)31-17-8-9-18-16(12-17)14-27(24(18)30)20-10-11-22(28)26-23(20)29/h8-9,12,15,19-21,25H,3-7,10-11,13-14H2,1-2H3,(H,26,28,29)/t19-,20?,21+/m1/s1. The quantitative estimate of drug-likeness (QED) is 0.538. The van der Waals surface area contributed by atoms with Crippen molar-refractivity contribution in [2.24, 2.45) is 5.92 Å². The number of piperidine rings is 1. The minimum atomic E-state index is -0.589. The fraction of sp³-hybridized carbons (Fsp3) is 0.625. The lowest BCUT2D eigenvalue weighted by Crippen LogP contribution is -2.52. The van der Waals surface area contributed by atoms with Gasteiger partial charge in [-0.05, 0) is 61.9 Å². The Kier molecular flexibility index (Phi) is 6.60. The minimum Gasteiger partial charge on any atom is -0.489 e. The maximum absolute atomic E-state index is 12.9. The van der Waals surface area contributed by atoms with Gasteiger partial charge in [0, 0.05) is 24.6 Å². The first kappa shape index (κ1) is 21.8. The molecular weight excluding hydrogens is 394 g/mol. The Bertz CT molecular complexity index is 853. The predicted molar refractivity (Wildman–Crippen MR) is 117 cm³/mol. The zero-order valence-electron chi connectivity index (χ0n) is 18.5. The number of benzene rings is 1. The van der Waals surface area contributed by atoms with E-state index >= 15 is 0 Å². The molecule has 1 saturated carbocycles. The van der Waals surface area contributed by atoms with Gasteiger partial charge < -0.3 is 15.0 Å². The highest BCUT2D eigenvalue weighted by molar-refractivity contribution is 6.05. The van der Waals surface area contributed by atoms with Crippen LogP contribution in [0.3, 0.4) is 0 Å². The SMILES string of the molecule is CC(C)CN[C@@H]1CCCCC[C@@H]1Oc1ccc2c(c1)CN(C1CCC(=O)NC1=O)C2=O. The van der Waals surface area contributed by atoms with Crippen molar-refractivity contribution in [1.29, 1.82) is 0 Å². The van der Waals surface area contributed by atoms with Crippen LogP contribution in [0.1, 0.15) is 74.7 Å². The van der Waals surface area contributed by atoms with Gasteiger partial charge in [0.25, 0.3) is 5.91 Å². The van der Waals surface area contributed by atoms with Crippen molar-refractivity contribution in [3.05, 3.63) is 29.3 Å². The van der Waals surface area contributed by atoms with Crippen molar-refractivity contribution >= 4 is 17.7 Å². The molecular formula is C24H33N3O4. The molecule has 1 unspecified atom stereocenters. The summed E-state index contributed by atoms with van der Waals surface area (Å²) in [4.78, 5) is 38.1. The monoisotopic (exact) mass is 427 g/mol. The van der Waals surface area contributed by atoms with E-state index in [-0.39, 0.29) is 30.2 Å². The maximum atomic E-state index is 12.9. The lowest BCUT2D eigenvalue weighted by atomic mass is 10.0. The molecule has 3 amide bonds. The number of ether oxygens (including phenoxy) is 1. The van der Waals surface area contributed by atoms with Gasteiger partial charge >= 0.3 is 0 Å². The fourth-order valence-corrected chi connectivity index (χ4v) is 4.83. The van der Waals surface area contributed by atoms with E-state index in [0.717, 1.165) is 37.1 Å². The predicted octanol–water partition coefficient (Wildman–Crippen LogP) is 2.77. The number of hydrogen-bond acceptors (Lipinski definition) is 5. The van der Waals surface area contributed by atoms with Crippen LogP contribution < -0.4 is 15.4 Å². The first-order valence-electron chi connectivity index (χ1n) is 11.6. The zero-order chi connectivity index (χ0) is 22.0. The lowest BCUT2D eigenvalue weighted by molar-refractivity contribution is -0.136. The second-order valence-electron chi connectivity index (χ2n) is 9.42. The van der Waals surface area contributed by atoms with Crippen LogP contribution in [-0.4, -0.2) is 47.4 Å². The van der Waals surface area contributed by atoms with Gasteiger partial charge in [-0.3, -0.25) is 19.7 Å². The molecule has 1 aromatic rings. The highest BCUT2D eigenvalue weighted by atomic mass is 16.5. The molecule has 2 fully saturated rings. The first-order valence-corrected chi connectivity index (χ1v) is 11.6.